The Labute approximate surface area is 191 Å². The number of aryl methyl sites for hydroxylation is 1. The van der Waals surface area contributed by atoms with Gasteiger partial charge in [-0.1, -0.05) is 0 Å². The molecule has 0 amide bonds. The molecule has 3 aromatic rings. The summed E-state index contributed by atoms with van der Waals surface area (Å²) in [4.78, 5) is 6.13. The number of aromatic nitrogens is 2. The van der Waals surface area contributed by atoms with Gasteiger partial charge in [0, 0.05) is 24.5 Å². The quantitative estimate of drug-likeness (QED) is 0.507. The molecule has 10 heteroatoms. The van der Waals surface area contributed by atoms with Gasteiger partial charge in [0.25, 0.3) is 0 Å². The topological polar surface area (TPSA) is 82.9 Å². The predicted molar refractivity (Wildman–Crippen MR) is 122 cm³/mol. The first-order chi connectivity index (χ1) is 15.6. The normalized spacial score (nSPS) is 17.0. The monoisotopic (exact) mass is 475 g/mol. The number of sulfonamides is 1. The Morgan fingerprint density at radius 2 is 1.78 bits per heavy atom. The van der Waals surface area contributed by atoms with Crippen LogP contribution in [0, 0.1) is 0 Å². The number of morpholine rings is 1. The number of nitrogens with zero attached hydrogens (tertiary/aromatic N) is 3. The lowest BCUT2D eigenvalue weighted by Crippen LogP contribution is -2.40. The fourth-order valence-electron chi connectivity index (χ4n) is 3.98. The smallest absolute Gasteiger partial charge is 0.243 e. The molecule has 0 unspecified atom stereocenters. The second-order valence-corrected chi connectivity index (χ2v) is 10.5. The predicted octanol–water partition coefficient (Wildman–Crippen LogP) is 3.14. The molecule has 0 atom stereocenters. The van der Waals surface area contributed by atoms with Gasteiger partial charge in [-0.3, -0.25) is 0 Å². The van der Waals surface area contributed by atoms with Gasteiger partial charge in [-0.25, -0.2) is 13.4 Å². The molecule has 32 heavy (non-hydrogen) atoms. The highest BCUT2D eigenvalue weighted by Gasteiger charge is 2.27. The van der Waals surface area contributed by atoms with Gasteiger partial charge in [-0.2, -0.15) is 4.31 Å². The zero-order valence-electron chi connectivity index (χ0n) is 17.8. The molecule has 2 aliphatic heterocycles. The zero-order valence-corrected chi connectivity index (χ0v) is 19.5. The first-order valence-electron chi connectivity index (χ1n) is 10.7. The van der Waals surface area contributed by atoms with Crippen LogP contribution in [0.4, 0.5) is 0 Å². The maximum Gasteiger partial charge on any atom is 0.243 e. The largest absolute Gasteiger partial charge is 0.486 e. The van der Waals surface area contributed by atoms with Crippen LogP contribution in [0.2, 0.25) is 0 Å². The molecule has 0 radical (unpaired) electrons. The van der Waals surface area contributed by atoms with Crippen LogP contribution in [0.25, 0.3) is 11.0 Å². The molecule has 0 aliphatic carbocycles. The van der Waals surface area contributed by atoms with Crippen LogP contribution in [-0.4, -0.2) is 61.8 Å². The Morgan fingerprint density at radius 1 is 1.00 bits per heavy atom. The summed E-state index contributed by atoms with van der Waals surface area (Å²) in [7, 11) is -3.55. The van der Waals surface area contributed by atoms with Crippen LogP contribution in [-0.2, 0) is 27.1 Å². The molecule has 1 saturated heterocycles. The first kappa shape index (κ1) is 21.6. The fraction of sp³-hybridized carbons (Fsp3) is 0.409. The van der Waals surface area contributed by atoms with Crippen molar-refractivity contribution < 1.29 is 22.6 Å². The van der Waals surface area contributed by atoms with Crippen LogP contribution in [0.3, 0.4) is 0 Å². The average molecular weight is 476 g/mol. The van der Waals surface area contributed by atoms with Crippen LogP contribution < -0.4 is 9.47 Å². The number of ether oxygens (including phenoxy) is 3. The van der Waals surface area contributed by atoms with Crippen molar-refractivity contribution in [3.05, 3.63) is 42.2 Å². The summed E-state index contributed by atoms with van der Waals surface area (Å²) >= 11 is 1.66. The lowest BCUT2D eigenvalue weighted by molar-refractivity contribution is 0.0730. The lowest BCUT2D eigenvalue weighted by atomic mass is 10.3. The van der Waals surface area contributed by atoms with Crippen LogP contribution >= 0.6 is 11.8 Å². The number of hydrogen-bond acceptors (Lipinski definition) is 7. The maximum absolute atomic E-state index is 13.0. The van der Waals surface area contributed by atoms with Gasteiger partial charge < -0.3 is 18.8 Å². The van der Waals surface area contributed by atoms with Crippen molar-refractivity contribution in [2.24, 2.45) is 0 Å². The van der Waals surface area contributed by atoms with Gasteiger partial charge in [-0.15, -0.1) is 11.8 Å². The highest BCUT2D eigenvalue weighted by molar-refractivity contribution is 7.98. The fourth-order valence-corrected chi connectivity index (χ4v) is 6.28. The van der Waals surface area contributed by atoms with Gasteiger partial charge in [-0.05, 0) is 43.3 Å². The molecule has 1 aromatic heterocycles. The molecule has 2 aliphatic rings. The second kappa shape index (κ2) is 8.93. The minimum Gasteiger partial charge on any atom is -0.486 e. The summed E-state index contributed by atoms with van der Waals surface area (Å²) in [5.74, 6) is 3.11. The van der Waals surface area contributed by atoms with Crippen molar-refractivity contribution in [2.45, 2.75) is 29.0 Å². The van der Waals surface area contributed by atoms with Gasteiger partial charge >= 0.3 is 0 Å². The Morgan fingerprint density at radius 3 is 2.56 bits per heavy atom. The molecule has 0 N–H and O–H groups in total. The van der Waals surface area contributed by atoms with E-state index in [-0.39, 0.29) is 4.90 Å². The van der Waals surface area contributed by atoms with E-state index in [2.05, 4.69) is 11.5 Å². The number of benzene rings is 2. The SMILES string of the molecule is CCn1c(CSc2ccc3c(c2)OCCO3)nc2cc(S(=O)(=O)N3CCOCC3)ccc21. The van der Waals surface area contributed by atoms with E-state index in [4.69, 9.17) is 19.2 Å². The van der Waals surface area contributed by atoms with Crippen molar-refractivity contribution in [2.75, 3.05) is 39.5 Å². The minimum atomic E-state index is -3.55. The summed E-state index contributed by atoms with van der Waals surface area (Å²) in [6, 6.07) is 11.2. The third-order valence-electron chi connectivity index (χ3n) is 5.60. The first-order valence-corrected chi connectivity index (χ1v) is 13.1. The summed E-state index contributed by atoms with van der Waals surface area (Å²) in [5.41, 5.74) is 1.63. The van der Waals surface area contributed by atoms with Crippen molar-refractivity contribution >= 4 is 32.8 Å². The molecular weight excluding hydrogens is 450 g/mol. The number of thioether (sulfide) groups is 1. The molecule has 1 fully saturated rings. The molecule has 0 spiro atoms. The van der Waals surface area contributed by atoms with E-state index in [0.29, 0.717) is 50.8 Å². The third kappa shape index (κ3) is 4.07. The lowest BCUT2D eigenvalue weighted by Gasteiger charge is -2.26. The Bertz CT molecular complexity index is 1240. The van der Waals surface area contributed by atoms with E-state index in [1.807, 2.05) is 24.3 Å². The molecule has 5 rings (SSSR count). The van der Waals surface area contributed by atoms with Crippen LogP contribution in [0.5, 0.6) is 11.5 Å². The zero-order chi connectivity index (χ0) is 22.1. The number of imidazole rings is 1. The molecule has 8 nitrogen and oxygen atoms in total. The van der Waals surface area contributed by atoms with Gasteiger partial charge in [0.15, 0.2) is 11.5 Å². The van der Waals surface area contributed by atoms with E-state index in [9.17, 15) is 8.42 Å². The Kier molecular flexibility index (Phi) is 6.02. The highest BCUT2D eigenvalue weighted by Crippen LogP contribution is 2.35. The van der Waals surface area contributed by atoms with Gasteiger partial charge in [0.2, 0.25) is 10.0 Å². The second-order valence-electron chi connectivity index (χ2n) is 7.53. The number of fused-ring (bicyclic) bond motifs is 2. The summed E-state index contributed by atoms with van der Waals surface area (Å²) in [6.07, 6.45) is 0. The highest BCUT2D eigenvalue weighted by atomic mass is 32.2. The van der Waals surface area contributed by atoms with E-state index >= 15 is 0 Å². The maximum atomic E-state index is 13.0. The van der Waals surface area contributed by atoms with Crippen molar-refractivity contribution in [1.29, 1.82) is 0 Å². The van der Waals surface area contributed by atoms with Crippen LogP contribution in [0.15, 0.2) is 46.2 Å². The molecule has 2 aromatic carbocycles. The van der Waals surface area contributed by atoms with Gasteiger partial charge in [0.05, 0.1) is 34.9 Å². The Hall–Kier alpha value is -2.27. The van der Waals surface area contributed by atoms with E-state index in [1.54, 1.807) is 23.9 Å². The van der Waals surface area contributed by atoms with Crippen molar-refractivity contribution in [3.8, 4) is 11.5 Å². The van der Waals surface area contributed by atoms with Crippen molar-refractivity contribution in [1.82, 2.24) is 13.9 Å². The summed E-state index contributed by atoms with van der Waals surface area (Å²) in [6.45, 7) is 5.55. The summed E-state index contributed by atoms with van der Waals surface area (Å²) in [5, 5.41) is 0. The molecule has 0 saturated carbocycles. The molecule has 3 heterocycles. The standard InChI is InChI=1S/C22H25N3O5S2/c1-2-25-19-5-4-17(32(26,27)24-7-9-28-10-8-24)14-18(19)23-22(25)15-31-16-3-6-20-21(13-16)30-12-11-29-20/h3-6,13-14H,2,7-12,15H2,1H3. The summed E-state index contributed by atoms with van der Waals surface area (Å²) < 4.78 is 46.2. The molecule has 0 bridgehead atoms. The van der Waals surface area contributed by atoms with Crippen molar-refractivity contribution in [3.63, 3.8) is 0 Å². The minimum absolute atomic E-state index is 0.277. The van der Waals surface area contributed by atoms with Crippen LogP contribution in [0.1, 0.15) is 12.7 Å². The molecular formula is C22H25N3O5S2. The third-order valence-corrected chi connectivity index (χ3v) is 8.49. The van der Waals surface area contributed by atoms with E-state index < -0.39 is 10.0 Å². The molecule has 170 valence electrons. The Balaban J connectivity index is 1.40. The number of rotatable bonds is 6. The van der Waals surface area contributed by atoms with E-state index in [1.165, 1.54) is 4.31 Å². The average Bonchev–Trinajstić information content (AvgIpc) is 3.20. The number of hydrogen-bond donors (Lipinski definition) is 0. The van der Waals surface area contributed by atoms with E-state index in [0.717, 1.165) is 34.3 Å². The van der Waals surface area contributed by atoms with Gasteiger partial charge in [0.1, 0.15) is 19.0 Å².